The number of ether oxygens (including phenoxy) is 1. The van der Waals surface area contributed by atoms with E-state index in [1.807, 2.05) is 49.4 Å². The second-order valence-electron chi connectivity index (χ2n) is 9.24. The maximum absolute atomic E-state index is 13.3. The van der Waals surface area contributed by atoms with Crippen LogP contribution in [0.5, 0.6) is 5.75 Å². The van der Waals surface area contributed by atoms with Crippen LogP contribution in [0.1, 0.15) is 65.0 Å². The highest BCUT2D eigenvalue weighted by atomic mass is 35.5. The molecule has 0 saturated heterocycles. The fourth-order valence-corrected chi connectivity index (χ4v) is 3.71. The van der Waals surface area contributed by atoms with Gasteiger partial charge in [0.2, 0.25) is 5.91 Å². The van der Waals surface area contributed by atoms with Gasteiger partial charge in [-0.2, -0.15) is 0 Å². The van der Waals surface area contributed by atoms with Crippen LogP contribution in [-0.2, 0) is 21.5 Å². The summed E-state index contributed by atoms with van der Waals surface area (Å²) in [6.07, 6.45) is 2.38. The summed E-state index contributed by atoms with van der Waals surface area (Å²) in [5.74, 6) is 0.211. The first kappa shape index (κ1) is 26.7. The predicted molar refractivity (Wildman–Crippen MR) is 135 cm³/mol. The Morgan fingerprint density at radius 1 is 1.06 bits per heavy atom. The van der Waals surface area contributed by atoms with E-state index in [1.54, 1.807) is 11.0 Å². The van der Waals surface area contributed by atoms with Crippen molar-refractivity contribution in [3.63, 3.8) is 0 Å². The van der Waals surface area contributed by atoms with Crippen LogP contribution in [0.2, 0.25) is 5.02 Å². The number of carbonyl (C=O) groups excluding carboxylic acids is 2. The number of amides is 2. The van der Waals surface area contributed by atoms with E-state index in [9.17, 15) is 9.59 Å². The van der Waals surface area contributed by atoms with Gasteiger partial charge in [-0.25, -0.2) is 0 Å². The van der Waals surface area contributed by atoms with Crippen molar-refractivity contribution in [3.8, 4) is 5.75 Å². The predicted octanol–water partition coefficient (Wildman–Crippen LogP) is 5.74. The average Bonchev–Trinajstić information content (AvgIpc) is 2.78. The molecule has 1 N–H and O–H groups in total. The quantitative estimate of drug-likeness (QED) is 0.424. The van der Waals surface area contributed by atoms with Gasteiger partial charge < -0.3 is 15.0 Å². The van der Waals surface area contributed by atoms with Gasteiger partial charge in [0.25, 0.3) is 5.91 Å². The lowest BCUT2D eigenvalue weighted by Crippen LogP contribution is -2.50. The van der Waals surface area contributed by atoms with E-state index in [0.29, 0.717) is 23.7 Å². The first-order valence-corrected chi connectivity index (χ1v) is 12.1. The first-order chi connectivity index (χ1) is 15.7. The topological polar surface area (TPSA) is 58.6 Å². The molecule has 1 atom stereocenters. The van der Waals surface area contributed by atoms with E-state index in [0.717, 1.165) is 18.4 Å². The van der Waals surface area contributed by atoms with E-state index in [-0.39, 0.29) is 30.4 Å². The molecular formula is C27H37ClN2O3. The largest absolute Gasteiger partial charge is 0.484 e. The molecule has 2 aromatic carbocycles. The Morgan fingerprint density at radius 3 is 2.30 bits per heavy atom. The highest BCUT2D eigenvalue weighted by Crippen LogP contribution is 2.24. The molecule has 0 aliphatic heterocycles. The van der Waals surface area contributed by atoms with Crippen LogP contribution in [0.15, 0.2) is 48.5 Å². The van der Waals surface area contributed by atoms with Crippen LogP contribution in [0.3, 0.4) is 0 Å². The number of nitrogens with zero attached hydrogens (tertiary/aromatic N) is 1. The normalized spacial score (nSPS) is 12.2. The maximum atomic E-state index is 13.3. The number of halogens is 1. The van der Waals surface area contributed by atoms with Crippen LogP contribution in [0.25, 0.3) is 0 Å². The first-order valence-electron chi connectivity index (χ1n) is 11.7. The molecule has 6 heteroatoms. The number of benzene rings is 2. The van der Waals surface area contributed by atoms with E-state index < -0.39 is 6.04 Å². The molecule has 0 bridgehead atoms. The van der Waals surface area contributed by atoms with E-state index in [1.165, 1.54) is 5.56 Å². The molecule has 0 saturated carbocycles. The van der Waals surface area contributed by atoms with Crippen molar-refractivity contribution in [3.05, 3.63) is 64.7 Å². The summed E-state index contributed by atoms with van der Waals surface area (Å²) >= 11 is 6.36. The van der Waals surface area contributed by atoms with Gasteiger partial charge in [-0.15, -0.1) is 0 Å². The molecule has 2 aromatic rings. The SMILES string of the molecule is CCCCNC(=O)[C@@H](CC)N(Cc1ccccc1Cl)C(=O)COc1ccc(C(C)(C)C)cc1. The zero-order chi connectivity index (χ0) is 24.4. The number of rotatable bonds is 11. The molecule has 0 heterocycles. The van der Waals surface area contributed by atoms with Gasteiger partial charge in [-0.3, -0.25) is 9.59 Å². The Hall–Kier alpha value is -2.53. The number of nitrogens with one attached hydrogen (secondary N) is 1. The molecule has 0 unspecified atom stereocenters. The Labute approximate surface area is 203 Å². The molecule has 0 fully saturated rings. The lowest BCUT2D eigenvalue weighted by molar-refractivity contribution is -0.143. The highest BCUT2D eigenvalue weighted by molar-refractivity contribution is 6.31. The summed E-state index contributed by atoms with van der Waals surface area (Å²) in [6.45, 7) is 11.1. The lowest BCUT2D eigenvalue weighted by Gasteiger charge is -2.31. The van der Waals surface area contributed by atoms with Crippen molar-refractivity contribution in [1.82, 2.24) is 10.2 Å². The van der Waals surface area contributed by atoms with Gasteiger partial charge in [-0.1, -0.05) is 83.0 Å². The van der Waals surface area contributed by atoms with Crippen molar-refractivity contribution in [2.75, 3.05) is 13.2 Å². The third-order valence-electron chi connectivity index (χ3n) is 5.60. The maximum Gasteiger partial charge on any atom is 0.261 e. The Kier molecular flexibility index (Phi) is 10.2. The third kappa shape index (κ3) is 8.08. The fraction of sp³-hybridized carbons (Fsp3) is 0.481. The third-order valence-corrected chi connectivity index (χ3v) is 5.97. The second kappa shape index (κ2) is 12.6. The number of hydrogen-bond acceptors (Lipinski definition) is 3. The second-order valence-corrected chi connectivity index (χ2v) is 9.65. The standard InChI is InChI=1S/C27H37ClN2O3/c1-6-8-17-29-26(32)24(7-2)30(18-20-11-9-10-12-23(20)28)25(31)19-33-22-15-13-21(14-16-22)27(3,4)5/h9-16,24H,6-8,17-19H2,1-5H3,(H,29,32)/t24-/m1/s1. The Morgan fingerprint density at radius 2 is 1.73 bits per heavy atom. The summed E-state index contributed by atoms with van der Waals surface area (Å²) in [4.78, 5) is 27.7. The summed E-state index contributed by atoms with van der Waals surface area (Å²) in [7, 11) is 0. The van der Waals surface area contributed by atoms with E-state index in [4.69, 9.17) is 16.3 Å². The van der Waals surface area contributed by atoms with Crippen LogP contribution in [-0.4, -0.2) is 35.9 Å². The summed E-state index contributed by atoms with van der Waals surface area (Å²) in [5.41, 5.74) is 2.03. The van der Waals surface area contributed by atoms with Crippen molar-refractivity contribution in [2.24, 2.45) is 0 Å². The minimum Gasteiger partial charge on any atom is -0.484 e. The molecule has 2 rings (SSSR count). The number of carbonyl (C=O) groups is 2. The molecule has 0 aliphatic rings. The van der Waals surface area contributed by atoms with Crippen LogP contribution in [0.4, 0.5) is 0 Å². The van der Waals surface area contributed by atoms with Gasteiger partial charge >= 0.3 is 0 Å². The van der Waals surface area contributed by atoms with Crippen molar-refractivity contribution in [2.45, 2.75) is 71.9 Å². The van der Waals surface area contributed by atoms with Gasteiger partial charge in [0, 0.05) is 18.1 Å². The molecule has 180 valence electrons. The Balaban J connectivity index is 2.17. The molecule has 0 aromatic heterocycles. The minimum absolute atomic E-state index is 0.0413. The zero-order valence-corrected chi connectivity index (χ0v) is 21.2. The summed E-state index contributed by atoms with van der Waals surface area (Å²) < 4.78 is 5.80. The summed E-state index contributed by atoms with van der Waals surface area (Å²) in [5, 5.41) is 3.52. The van der Waals surface area contributed by atoms with Gasteiger partial charge in [0.15, 0.2) is 6.61 Å². The number of hydrogen-bond donors (Lipinski definition) is 1. The summed E-state index contributed by atoms with van der Waals surface area (Å²) in [6, 6.07) is 14.6. The molecule has 33 heavy (non-hydrogen) atoms. The molecule has 2 amide bonds. The lowest BCUT2D eigenvalue weighted by atomic mass is 9.87. The van der Waals surface area contributed by atoms with Gasteiger partial charge in [0.1, 0.15) is 11.8 Å². The minimum atomic E-state index is -0.600. The van der Waals surface area contributed by atoms with E-state index in [2.05, 4.69) is 33.0 Å². The van der Waals surface area contributed by atoms with Gasteiger partial charge in [0.05, 0.1) is 0 Å². The van der Waals surface area contributed by atoms with Crippen molar-refractivity contribution in [1.29, 1.82) is 0 Å². The molecule has 0 radical (unpaired) electrons. The van der Waals surface area contributed by atoms with Crippen LogP contribution in [0, 0.1) is 0 Å². The highest BCUT2D eigenvalue weighted by Gasteiger charge is 2.29. The van der Waals surface area contributed by atoms with Gasteiger partial charge in [-0.05, 0) is 47.6 Å². The Bertz CT molecular complexity index is 906. The molecule has 0 aliphatic carbocycles. The average molecular weight is 473 g/mol. The van der Waals surface area contributed by atoms with Crippen LogP contribution < -0.4 is 10.1 Å². The van der Waals surface area contributed by atoms with Crippen molar-refractivity contribution >= 4 is 23.4 Å². The van der Waals surface area contributed by atoms with Crippen LogP contribution >= 0.6 is 11.6 Å². The molecular weight excluding hydrogens is 436 g/mol. The molecule has 5 nitrogen and oxygen atoms in total. The smallest absolute Gasteiger partial charge is 0.261 e. The zero-order valence-electron chi connectivity index (χ0n) is 20.5. The number of unbranched alkanes of at least 4 members (excludes halogenated alkanes) is 1. The van der Waals surface area contributed by atoms with E-state index >= 15 is 0 Å². The molecule has 0 spiro atoms. The fourth-order valence-electron chi connectivity index (χ4n) is 3.51. The monoisotopic (exact) mass is 472 g/mol. The van der Waals surface area contributed by atoms with Crippen molar-refractivity contribution < 1.29 is 14.3 Å².